The third-order valence-electron chi connectivity index (χ3n) is 3.37. The Morgan fingerprint density at radius 1 is 1.25 bits per heavy atom. The normalized spacial score (nSPS) is 17.1. The van der Waals surface area contributed by atoms with E-state index >= 15 is 0 Å². The van der Waals surface area contributed by atoms with E-state index in [1.54, 1.807) is 0 Å². The second-order valence-electron chi connectivity index (χ2n) is 6.53. The van der Waals surface area contributed by atoms with Crippen molar-refractivity contribution in [2.75, 3.05) is 31.2 Å². The minimum absolute atomic E-state index is 0.133. The van der Waals surface area contributed by atoms with Gasteiger partial charge in [0.15, 0.2) is 0 Å². The lowest BCUT2D eigenvalue weighted by molar-refractivity contribution is 0.152. The summed E-state index contributed by atoms with van der Waals surface area (Å²) in [5.41, 5.74) is 2.51. The van der Waals surface area contributed by atoms with Crippen molar-refractivity contribution < 1.29 is 4.74 Å². The highest BCUT2D eigenvalue weighted by atomic mass is 16.5. The van der Waals surface area contributed by atoms with Crippen LogP contribution in [0.15, 0.2) is 12.1 Å². The lowest BCUT2D eigenvalue weighted by atomic mass is 10.1. The van der Waals surface area contributed by atoms with E-state index in [4.69, 9.17) is 4.74 Å². The number of rotatable bonds is 3. The Kier molecular flexibility index (Phi) is 5.00. The molecule has 4 nitrogen and oxygen atoms in total. The molecule has 20 heavy (non-hydrogen) atoms. The molecule has 0 amide bonds. The molecular weight excluding hydrogens is 250 g/mol. The molecule has 0 bridgehead atoms. The average molecular weight is 277 g/mol. The first-order chi connectivity index (χ1) is 9.44. The van der Waals surface area contributed by atoms with Crippen LogP contribution in [-0.4, -0.2) is 36.8 Å². The molecule has 2 rings (SSSR count). The summed E-state index contributed by atoms with van der Waals surface area (Å²) >= 11 is 0. The Morgan fingerprint density at radius 3 is 2.80 bits per heavy atom. The second-order valence-corrected chi connectivity index (χ2v) is 6.53. The SMILES string of the molecule is Cc1cc(CNC(C)(C)C)cc(N2CCCOCC2)n1. The largest absolute Gasteiger partial charge is 0.380 e. The molecule has 1 aliphatic rings. The van der Waals surface area contributed by atoms with Crippen LogP contribution in [0.2, 0.25) is 0 Å². The van der Waals surface area contributed by atoms with Crippen LogP contribution in [0.4, 0.5) is 5.82 Å². The highest BCUT2D eigenvalue weighted by Crippen LogP contribution is 2.17. The molecule has 0 radical (unpaired) electrons. The minimum atomic E-state index is 0.133. The van der Waals surface area contributed by atoms with Crippen molar-refractivity contribution in [1.29, 1.82) is 0 Å². The van der Waals surface area contributed by atoms with Gasteiger partial charge in [-0.1, -0.05) is 0 Å². The van der Waals surface area contributed by atoms with Crippen LogP contribution in [0, 0.1) is 6.92 Å². The predicted molar refractivity (Wildman–Crippen MR) is 83.2 cm³/mol. The molecule has 0 aliphatic carbocycles. The molecule has 2 heterocycles. The lowest BCUT2D eigenvalue weighted by Gasteiger charge is -2.24. The van der Waals surface area contributed by atoms with Crippen molar-refractivity contribution in [1.82, 2.24) is 10.3 Å². The van der Waals surface area contributed by atoms with Crippen LogP contribution in [0.25, 0.3) is 0 Å². The van der Waals surface area contributed by atoms with Gasteiger partial charge in [0.2, 0.25) is 0 Å². The zero-order chi connectivity index (χ0) is 14.6. The number of ether oxygens (including phenoxy) is 1. The zero-order valence-electron chi connectivity index (χ0n) is 13.2. The fourth-order valence-corrected chi connectivity index (χ4v) is 2.33. The van der Waals surface area contributed by atoms with E-state index in [-0.39, 0.29) is 5.54 Å². The maximum absolute atomic E-state index is 5.52. The predicted octanol–water partition coefficient (Wildman–Crippen LogP) is 2.50. The second kappa shape index (κ2) is 6.55. The summed E-state index contributed by atoms with van der Waals surface area (Å²) in [5.74, 6) is 1.08. The number of anilines is 1. The number of nitrogens with zero attached hydrogens (tertiary/aromatic N) is 2. The van der Waals surface area contributed by atoms with Gasteiger partial charge in [-0.25, -0.2) is 4.98 Å². The van der Waals surface area contributed by atoms with Crippen LogP contribution in [-0.2, 0) is 11.3 Å². The smallest absolute Gasteiger partial charge is 0.129 e. The molecule has 0 unspecified atom stereocenters. The molecule has 4 heteroatoms. The number of pyridine rings is 1. The van der Waals surface area contributed by atoms with Gasteiger partial charge in [0.1, 0.15) is 5.82 Å². The maximum Gasteiger partial charge on any atom is 0.129 e. The molecule has 1 fully saturated rings. The Hall–Kier alpha value is -1.13. The topological polar surface area (TPSA) is 37.4 Å². The highest BCUT2D eigenvalue weighted by molar-refractivity contribution is 5.42. The van der Waals surface area contributed by atoms with Crippen LogP contribution in [0.5, 0.6) is 0 Å². The monoisotopic (exact) mass is 277 g/mol. The van der Waals surface area contributed by atoms with Crippen molar-refractivity contribution in [2.45, 2.75) is 46.2 Å². The minimum Gasteiger partial charge on any atom is -0.380 e. The fraction of sp³-hybridized carbons (Fsp3) is 0.688. The van der Waals surface area contributed by atoms with E-state index in [0.717, 1.165) is 50.8 Å². The van der Waals surface area contributed by atoms with E-state index in [0.29, 0.717) is 0 Å². The molecule has 0 saturated carbocycles. The number of nitrogens with one attached hydrogen (secondary N) is 1. The van der Waals surface area contributed by atoms with Gasteiger partial charge in [0.25, 0.3) is 0 Å². The zero-order valence-corrected chi connectivity index (χ0v) is 13.2. The molecule has 1 aromatic heterocycles. The molecule has 1 N–H and O–H groups in total. The van der Waals surface area contributed by atoms with Crippen LogP contribution >= 0.6 is 0 Å². The van der Waals surface area contributed by atoms with Crippen molar-refractivity contribution in [3.05, 3.63) is 23.4 Å². The Labute approximate surface area is 122 Å². The molecule has 0 atom stereocenters. The number of hydrogen-bond acceptors (Lipinski definition) is 4. The molecule has 1 aliphatic heterocycles. The molecule has 1 aromatic rings. The number of aryl methyl sites for hydroxylation is 1. The summed E-state index contributed by atoms with van der Waals surface area (Å²) < 4.78 is 5.52. The molecule has 0 aromatic carbocycles. The van der Waals surface area contributed by atoms with Gasteiger partial charge >= 0.3 is 0 Å². The first-order valence-corrected chi connectivity index (χ1v) is 7.49. The molecule has 112 valence electrons. The molecule has 1 saturated heterocycles. The molecule has 0 spiro atoms. The number of aromatic nitrogens is 1. The van der Waals surface area contributed by atoms with Gasteiger partial charge in [-0.15, -0.1) is 0 Å². The Balaban J connectivity index is 2.11. The Bertz CT molecular complexity index is 432. The van der Waals surface area contributed by atoms with Gasteiger partial charge < -0.3 is 15.0 Å². The molecular formula is C16H27N3O. The standard InChI is InChI=1S/C16H27N3O/c1-13-10-14(12-17-16(2,3)4)11-15(18-13)19-6-5-8-20-9-7-19/h10-11,17H,5-9,12H2,1-4H3. The van der Waals surface area contributed by atoms with Crippen LogP contribution < -0.4 is 10.2 Å². The summed E-state index contributed by atoms with van der Waals surface area (Å²) in [5, 5.41) is 3.54. The fourth-order valence-electron chi connectivity index (χ4n) is 2.33. The van der Waals surface area contributed by atoms with E-state index in [1.807, 2.05) is 0 Å². The first kappa shape index (κ1) is 15.3. The van der Waals surface area contributed by atoms with Gasteiger partial charge in [0, 0.05) is 37.5 Å². The summed E-state index contributed by atoms with van der Waals surface area (Å²) in [4.78, 5) is 7.02. The van der Waals surface area contributed by atoms with Gasteiger partial charge in [-0.2, -0.15) is 0 Å². The highest BCUT2D eigenvalue weighted by Gasteiger charge is 2.14. The average Bonchev–Trinajstić information content (AvgIpc) is 2.64. The van der Waals surface area contributed by atoms with Crippen LogP contribution in [0.3, 0.4) is 0 Å². The first-order valence-electron chi connectivity index (χ1n) is 7.49. The van der Waals surface area contributed by atoms with E-state index in [1.165, 1.54) is 5.56 Å². The van der Waals surface area contributed by atoms with Crippen LogP contribution in [0.1, 0.15) is 38.4 Å². The summed E-state index contributed by atoms with van der Waals surface area (Å²) in [6.07, 6.45) is 1.07. The summed E-state index contributed by atoms with van der Waals surface area (Å²) in [6, 6.07) is 4.37. The van der Waals surface area contributed by atoms with E-state index in [2.05, 4.69) is 55.0 Å². The van der Waals surface area contributed by atoms with Gasteiger partial charge in [-0.3, -0.25) is 0 Å². The lowest BCUT2D eigenvalue weighted by Crippen LogP contribution is -2.35. The van der Waals surface area contributed by atoms with E-state index < -0.39 is 0 Å². The maximum atomic E-state index is 5.52. The van der Waals surface area contributed by atoms with Crippen molar-refractivity contribution in [3.8, 4) is 0 Å². The van der Waals surface area contributed by atoms with Crippen molar-refractivity contribution in [3.63, 3.8) is 0 Å². The van der Waals surface area contributed by atoms with E-state index in [9.17, 15) is 0 Å². The quantitative estimate of drug-likeness (QED) is 0.921. The van der Waals surface area contributed by atoms with Crippen molar-refractivity contribution in [2.24, 2.45) is 0 Å². The Morgan fingerprint density at radius 2 is 2.05 bits per heavy atom. The van der Waals surface area contributed by atoms with Crippen molar-refractivity contribution >= 4 is 5.82 Å². The third kappa shape index (κ3) is 4.76. The number of hydrogen-bond donors (Lipinski definition) is 1. The summed E-state index contributed by atoms with van der Waals surface area (Å²) in [7, 11) is 0. The van der Waals surface area contributed by atoms with Gasteiger partial charge in [-0.05, 0) is 51.8 Å². The third-order valence-corrected chi connectivity index (χ3v) is 3.37. The summed E-state index contributed by atoms with van der Waals surface area (Å²) in [6.45, 7) is 13.1. The van der Waals surface area contributed by atoms with Gasteiger partial charge in [0.05, 0.1) is 6.61 Å².